The third-order valence-corrected chi connectivity index (χ3v) is 3.92. The number of piperazine rings is 1. The fourth-order valence-electron chi connectivity index (χ4n) is 2.69. The van der Waals surface area contributed by atoms with Crippen molar-refractivity contribution in [3.05, 3.63) is 28.8 Å². The quantitative estimate of drug-likeness (QED) is 0.841. The van der Waals surface area contributed by atoms with Gasteiger partial charge in [0.25, 0.3) is 0 Å². The first-order valence-corrected chi connectivity index (χ1v) is 6.59. The Balaban J connectivity index is 1.93. The Labute approximate surface area is 112 Å². The topological polar surface area (TPSA) is 35.6 Å². The van der Waals surface area contributed by atoms with Crippen molar-refractivity contribution in [1.29, 1.82) is 0 Å². The highest BCUT2D eigenvalue weighted by molar-refractivity contribution is 6.31. The van der Waals surface area contributed by atoms with Gasteiger partial charge in [-0.3, -0.25) is 4.90 Å². The number of aryl methyl sites for hydroxylation is 1. The highest BCUT2D eigenvalue weighted by atomic mass is 35.5. The minimum absolute atomic E-state index is 0.104. The van der Waals surface area contributed by atoms with Gasteiger partial charge in [-0.1, -0.05) is 17.7 Å². The maximum absolute atomic E-state index is 12.4. The second kappa shape index (κ2) is 4.44. The number of fused-ring (bicyclic) bond motifs is 1. The molecule has 4 nitrogen and oxygen atoms in total. The summed E-state index contributed by atoms with van der Waals surface area (Å²) >= 11 is 6.03. The van der Waals surface area contributed by atoms with E-state index in [4.69, 9.17) is 11.6 Å². The summed E-state index contributed by atoms with van der Waals surface area (Å²) in [6, 6.07) is 6.08. The van der Waals surface area contributed by atoms with Gasteiger partial charge in [-0.05, 0) is 24.6 Å². The van der Waals surface area contributed by atoms with Crippen LogP contribution in [0.3, 0.4) is 0 Å². The predicted octanol–water partition coefficient (Wildman–Crippen LogP) is 1.86. The summed E-state index contributed by atoms with van der Waals surface area (Å²) in [5, 5.41) is 4.00. The van der Waals surface area contributed by atoms with Gasteiger partial charge in [-0.15, -0.1) is 0 Å². The number of anilines is 1. The molecule has 2 aliphatic heterocycles. The summed E-state index contributed by atoms with van der Waals surface area (Å²) in [5.74, 6) is 0. The van der Waals surface area contributed by atoms with Gasteiger partial charge in [-0.25, -0.2) is 4.79 Å². The zero-order valence-corrected chi connectivity index (χ0v) is 11.1. The number of carbonyl (C=O) groups is 1. The summed E-state index contributed by atoms with van der Waals surface area (Å²) in [4.78, 5) is 16.2. The number of amides is 2. The summed E-state index contributed by atoms with van der Waals surface area (Å²) in [6.45, 7) is 5.30. The van der Waals surface area contributed by atoms with E-state index in [9.17, 15) is 4.79 Å². The van der Waals surface area contributed by atoms with Crippen LogP contribution in [0.25, 0.3) is 0 Å². The normalized spacial score (nSPS) is 23.4. The molecule has 0 spiro atoms. The van der Waals surface area contributed by atoms with E-state index in [2.05, 4.69) is 5.32 Å². The highest BCUT2D eigenvalue weighted by Gasteiger charge is 2.39. The molecule has 2 saturated heterocycles. The Morgan fingerprint density at radius 1 is 1.44 bits per heavy atom. The van der Waals surface area contributed by atoms with Crippen molar-refractivity contribution in [2.24, 2.45) is 0 Å². The Morgan fingerprint density at radius 3 is 3.06 bits per heavy atom. The molecule has 0 saturated carbocycles. The van der Waals surface area contributed by atoms with E-state index in [1.165, 1.54) is 0 Å². The maximum Gasteiger partial charge on any atom is 0.324 e. The first kappa shape index (κ1) is 11.8. The third kappa shape index (κ3) is 1.85. The van der Waals surface area contributed by atoms with Crippen LogP contribution in [0.1, 0.15) is 5.56 Å². The summed E-state index contributed by atoms with van der Waals surface area (Å²) in [5.41, 5.74) is 2.02. The lowest BCUT2D eigenvalue weighted by molar-refractivity contribution is 0.193. The average Bonchev–Trinajstić information content (AvgIpc) is 2.71. The molecule has 2 heterocycles. The summed E-state index contributed by atoms with van der Waals surface area (Å²) in [6.07, 6.45) is 0. The van der Waals surface area contributed by atoms with Crippen LogP contribution in [0.4, 0.5) is 10.5 Å². The molecule has 3 rings (SSSR count). The number of hydrogen-bond donors (Lipinski definition) is 1. The molecule has 1 aromatic rings. The van der Waals surface area contributed by atoms with Gasteiger partial charge in [0.05, 0.1) is 6.04 Å². The van der Waals surface area contributed by atoms with Crippen LogP contribution in [0.2, 0.25) is 5.02 Å². The molecule has 0 bridgehead atoms. The lowest BCUT2D eigenvalue weighted by atomic mass is 10.2. The lowest BCUT2D eigenvalue weighted by Gasteiger charge is -2.28. The van der Waals surface area contributed by atoms with Crippen LogP contribution in [0, 0.1) is 6.92 Å². The first-order valence-electron chi connectivity index (χ1n) is 6.22. The largest absolute Gasteiger partial charge is 0.324 e. The first-order chi connectivity index (χ1) is 8.66. The molecule has 0 aliphatic carbocycles. The van der Waals surface area contributed by atoms with Crippen LogP contribution < -0.4 is 10.2 Å². The molecule has 0 aromatic heterocycles. The molecular weight excluding hydrogens is 250 g/mol. The number of nitrogens with one attached hydrogen (secondary N) is 1. The zero-order chi connectivity index (χ0) is 12.7. The molecule has 1 unspecified atom stereocenters. The van der Waals surface area contributed by atoms with Crippen LogP contribution in [0.15, 0.2) is 18.2 Å². The van der Waals surface area contributed by atoms with E-state index >= 15 is 0 Å². The monoisotopic (exact) mass is 265 g/mol. The van der Waals surface area contributed by atoms with Gasteiger partial charge in [0.1, 0.15) is 0 Å². The Kier molecular flexibility index (Phi) is 2.92. The Hall–Kier alpha value is -1.26. The maximum atomic E-state index is 12.4. The van der Waals surface area contributed by atoms with Gasteiger partial charge in [-0.2, -0.15) is 0 Å². The number of urea groups is 1. The minimum Gasteiger partial charge on any atom is -0.317 e. The van der Waals surface area contributed by atoms with Crippen molar-refractivity contribution in [2.45, 2.75) is 13.0 Å². The number of hydrogen-bond acceptors (Lipinski definition) is 2. The summed E-state index contributed by atoms with van der Waals surface area (Å²) < 4.78 is 0. The van der Waals surface area contributed by atoms with Crippen molar-refractivity contribution < 1.29 is 4.79 Å². The van der Waals surface area contributed by atoms with Crippen LogP contribution in [0.5, 0.6) is 0 Å². The molecule has 96 valence electrons. The zero-order valence-electron chi connectivity index (χ0n) is 10.3. The molecule has 2 fully saturated rings. The standard InChI is InChI=1S/C13H16ClN3O/c1-9-2-3-10(14)6-12(9)17-8-11-7-15-4-5-16(11)13(17)18/h2-3,6,11,15H,4-5,7-8H2,1H3. The summed E-state index contributed by atoms with van der Waals surface area (Å²) in [7, 11) is 0. The van der Waals surface area contributed by atoms with Gasteiger partial charge < -0.3 is 10.2 Å². The van der Waals surface area contributed by atoms with Crippen molar-refractivity contribution in [1.82, 2.24) is 10.2 Å². The van der Waals surface area contributed by atoms with Gasteiger partial charge in [0.2, 0.25) is 0 Å². The fourth-order valence-corrected chi connectivity index (χ4v) is 2.86. The Bertz CT molecular complexity index is 491. The van der Waals surface area contributed by atoms with Crippen LogP contribution in [-0.4, -0.2) is 43.2 Å². The molecule has 5 heteroatoms. The SMILES string of the molecule is Cc1ccc(Cl)cc1N1CC2CNCCN2C1=O. The molecule has 18 heavy (non-hydrogen) atoms. The third-order valence-electron chi connectivity index (χ3n) is 3.68. The second-order valence-corrected chi connectivity index (χ2v) is 5.31. The second-order valence-electron chi connectivity index (χ2n) is 4.88. The van der Waals surface area contributed by atoms with E-state index in [0.29, 0.717) is 5.02 Å². The average molecular weight is 266 g/mol. The lowest BCUT2D eigenvalue weighted by Crippen LogP contribution is -2.49. The van der Waals surface area contributed by atoms with Crippen LogP contribution in [-0.2, 0) is 0 Å². The van der Waals surface area contributed by atoms with Gasteiger partial charge in [0, 0.05) is 36.9 Å². The predicted molar refractivity (Wildman–Crippen MR) is 72.3 cm³/mol. The van der Waals surface area contributed by atoms with E-state index in [-0.39, 0.29) is 12.1 Å². The van der Waals surface area contributed by atoms with Crippen molar-refractivity contribution in [3.8, 4) is 0 Å². The minimum atomic E-state index is 0.104. The number of benzene rings is 1. The fraction of sp³-hybridized carbons (Fsp3) is 0.462. The molecule has 0 radical (unpaired) electrons. The molecule has 2 aliphatic rings. The number of nitrogens with zero attached hydrogens (tertiary/aromatic N) is 2. The number of halogens is 1. The number of carbonyl (C=O) groups excluding carboxylic acids is 1. The van der Waals surface area contributed by atoms with E-state index in [1.54, 1.807) is 0 Å². The molecule has 1 atom stereocenters. The van der Waals surface area contributed by atoms with Gasteiger partial charge >= 0.3 is 6.03 Å². The molecule has 1 N–H and O–H groups in total. The smallest absolute Gasteiger partial charge is 0.317 e. The van der Waals surface area contributed by atoms with Crippen LogP contribution >= 0.6 is 11.6 Å². The number of rotatable bonds is 1. The van der Waals surface area contributed by atoms with Gasteiger partial charge in [0.15, 0.2) is 0 Å². The Morgan fingerprint density at radius 2 is 2.28 bits per heavy atom. The van der Waals surface area contributed by atoms with E-state index in [1.807, 2.05) is 34.9 Å². The molecular formula is C13H16ClN3O. The molecule has 2 amide bonds. The van der Waals surface area contributed by atoms with Crippen molar-refractivity contribution in [2.75, 3.05) is 31.1 Å². The molecule has 1 aromatic carbocycles. The van der Waals surface area contributed by atoms with Crippen molar-refractivity contribution >= 4 is 23.3 Å². The highest BCUT2D eigenvalue weighted by Crippen LogP contribution is 2.29. The van der Waals surface area contributed by atoms with Crippen molar-refractivity contribution in [3.63, 3.8) is 0 Å². The van der Waals surface area contributed by atoms with E-state index < -0.39 is 0 Å². The van der Waals surface area contributed by atoms with E-state index in [0.717, 1.165) is 37.4 Å².